The molecule has 0 aromatic heterocycles. The molecule has 0 spiro atoms. The average Bonchev–Trinajstić information content (AvgIpc) is 2.41. The third-order valence-electron chi connectivity index (χ3n) is 6.30. The van der Waals surface area contributed by atoms with Gasteiger partial charge < -0.3 is 0 Å². The zero-order chi connectivity index (χ0) is 14.7. The summed E-state index contributed by atoms with van der Waals surface area (Å²) < 4.78 is 1.11. The van der Waals surface area contributed by atoms with Crippen LogP contribution in [-0.2, 0) is 0 Å². The Bertz CT molecular complexity index is 576. The molecular formula is C19H23BrO. The van der Waals surface area contributed by atoms with Gasteiger partial charge in [-0.15, -0.1) is 0 Å². The Morgan fingerprint density at radius 1 is 0.952 bits per heavy atom. The smallest absolute Gasteiger partial charge is 0.166 e. The van der Waals surface area contributed by atoms with Crippen LogP contribution in [0, 0.1) is 43.4 Å². The molecule has 0 atom stereocenters. The van der Waals surface area contributed by atoms with Crippen LogP contribution in [0.3, 0.4) is 0 Å². The van der Waals surface area contributed by atoms with Gasteiger partial charge in [0.2, 0.25) is 0 Å². The first-order valence-corrected chi connectivity index (χ1v) is 9.13. The number of carbonyl (C=O) groups excluding carboxylic acids is 1. The lowest BCUT2D eigenvalue weighted by Crippen LogP contribution is -2.48. The largest absolute Gasteiger partial charge is 0.294 e. The van der Waals surface area contributed by atoms with Crippen molar-refractivity contribution in [3.63, 3.8) is 0 Å². The minimum Gasteiger partial charge on any atom is -0.294 e. The molecule has 4 aliphatic carbocycles. The first-order valence-electron chi connectivity index (χ1n) is 8.34. The van der Waals surface area contributed by atoms with E-state index in [0.717, 1.165) is 27.4 Å². The maximum atomic E-state index is 13.2. The summed E-state index contributed by atoms with van der Waals surface area (Å²) in [5, 5.41) is 0. The lowest BCUT2D eigenvalue weighted by atomic mass is 9.51. The van der Waals surface area contributed by atoms with Gasteiger partial charge in [0.05, 0.1) is 0 Å². The highest BCUT2D eigenvalue weighted by Crippen LogP contribution is 2.57. The van der Waals surface area contributed by atoms with Crippen molar-refractivity contribution in [2.24, 2.45) is 29.6 Å². The third-order valence-corrected chi connectivity index (χ3v) is 7.15. The van der Waals surface area contributed by atoms with Crippen LogP contribution >= 0.6 is 15.9 Å². The molecule has 4 bridgehead atoms. The Hall–Kier alpha value is -0.630. The second-order valence-electron chi connectivity index (χ2n) is 7.74. The van der Waals surface area contributed by atoms with Crippen molar-refractivity contribution in [2.45, 2.75) is 46.0 Å². The Morgan fingerprint density at radius 3 is 2.10 bits per heavy atom. The van der Waals surface area contributed by atoms with E-state index in [-0.39, 0.29) is 0 Å². The van der Waals surface area contributed by atoms with Gasteiger partial charge in [-0.3, -0.25) is 4.79 Å². The fourth-order valence-corrected chi connectivity index (χ4v) is 6.04. The van der Waals surface area contributed by atoms with E-state index in [0.29, 0.717) is 23.5 Å². The molecule has 0 N–H and O–H groups in total. The van der Waals surface area contributed by atoms with Crippen LogP contribution in [0.4, 0.5) is 0 Å². The van der Waals surface area contributed by atoms with Gasteiger partial charge in [0, 0.05) is 16.0 Å². The molecule has 1 nitrogen and oxygen atoms in total. The first kappa shape index (κ1) is 14.0. The van der Waals surface area contributed by atoms with Crippen LogP contribution in [0.2, 0.25) is 0 Å². The molecule has 1 aromatic carbocycles. The van der Waals surface area contributed by atoms with Gasteiger partial charge in [0.25, 0.3) is 0 Å². The van der Waals surface area contributed by atoms with Crippen molar-refractivity contribution in [3.05, 3.63) is 33.3 Å². The second kappa shape index (κ2) is 4.94. The highest BCUT2D eigenvalue weighted by molar-refractivity contribution is 9.10. The zero-order valence-electron chi connectivity index (χ0n) is 12.9. The average molecular weight is 347 g/mol. The molecule has 0 unspecified atom stereocenters. The SMILES string of the molecule is Cc1cc(C(=O)C2C3CC4CC(C3)CC2C4)c(C)cc1Br. The van der Waals surface area contributed by atoms with Crippen LogP contribution < -0.4 is 0 Å². The number of hydrogen-bond acceptors (Lipinski definition) is 1. The van der Waals surface area contributed by atoms with Gasteiger partial charge in [-0.25, -0.2) is 0 Å². The predicted octanol–water partition coefficient (Wildman–Crippen LogP) is 5.32. The summed E-state index contributed by atoms with van der Waals surface area (Å²) in [4.78, 5) is 13.2. The number of halogens is 1. The monoisotopic (exact) mass is 346 g/mol. The number of Topliss-reactive ketones (excluding diaryl/α,β-unsaturated/α-hetero) is 1. The van der Waals surface area contributed by atoms with E-state index in [1.165, 1.54) is 37.7 Å². The number of hydrogen-bond donors (Lipinski definition) is 0. The van der Waals surface area contributed by atoms with Crippen LogP contribution in [0.25, 0.3) is 0 Å². The lowest BCUT2D eigenvalue weighted by Gasteiger charge is -2.53. The summed E-state index contributed by atoms with van der Waals surface area (Å²) in [5.74, 6) is 3.98. The zero-order valence-corrected chi connectivity index (χ0v) is 14.4. The number of carbonyl (C=O) groups is 1. The van der Waals surface area contributed by atoms with E-state index in [4.69, 9.17) is 0 Å². The molecule has 5 rings (SSSR count). The molecule has 0 heterocycles. The number of ketones is 1. The Labute approximate surface area is 135 Å². The van der Waals surface area contributed by atoms with Gasteiger partial charge in [-0.1, -0.05) is 15.9 Å². The van der Waals surface area contributed by atoms with Crippen LogP contribution in [0.15, 0.2) is 16.6 Å². The Kier molecular flexibility index (Phi) is 3.29. The van der Waals surface area contributed by atoms with Crippen molar-refractivity contribution in [1.29, 1.82) is 0 Å². The standard InChI is InChI=1S/C19H23BrO/c1-10-4-17(20)11(2)3-16(10)19(21)18-14-6-12-5-13(8-14)9-15(18)7-12/h3-4,12-15,18H,5-9H2,1-2H3. The van der Waals surface area contributed by atoms with E-state index < -0.39 is 0 Å². The van der Waals surface area contributed by atoms with Crippen molar-refractivity contribution in [1.82, 2.24) is 0 Å². The van der Waals surface area contributed by atoms with Gasteiger partial charge in [0.1, 0.15) is 0 Å². The summed E-state index contributed by atoms with van der Waals surface area (Å²) in [7, 11) is 0. The van der Waals surface area contributed by atoms with Crippen LogP contribution in [-0.4, -0.2) is 5.78 Å². The van der Waals surface area contributed by atoms with Gasteiger partial charge in [0.15, 0.2) is 5.78 Å². The molecule has 0 radical (unpaired) electrons. The molecule has 4 saturated carbocycles. The van der Waals surface area contributed by atoms with Crippen molar-refractivity contribution < 1.29 is 4.79 Å². The summed E-state index contributed by atoms with van der Waals surface area (Å²) in [6.07, 6.45) is 6.72. The number of benzene rings is 1. The normalized spacial score (nSPS) is 37.0. The highest BCUT2D eigenvalue weighted by atomic mass is 79.9. The van der Waals surface area contributed by atoms with Crippen LogP contribution in [0.1, 0.15) is 53.6 Å². The van der Waals surface area contributed by atoms with Crippen molar-refractivity contribution in [3.8, 4) is 0 Å². The molecule has 21 heavy (non-hydrogen) atoms. The minimum atomic E-state index is 0.317. The Balaban J connectivity index is 1.68. The predicted molar refractivity (Wildman–Crippen MR) is 88.5 cm³/mol. The molecule has 0 saturated heterocycles. The Morgan fingerprint density at radius 2 is 1.52 bits per heavy atom. The third kappa shape index (κ3) is 2.21. The fraction of sp³-hybridized carbons (Fsp3) is 0.632. The highest BCUT2D eigenvalue weighted by Gasteiger charge is 2.50. The van der Waals surface area contributed by atoms with Crippen molar-refractivity contribution >= 4 is 21.7 Å². The van der Waals surface area contributed by atoms with E-state index in [1.54, 1.807) is 0 Å². The second-order valence-corrected chi connectivity index (χ2v) is 8.59. The molecule has 4 aliphatic rings. The molecule has 1 aromatic rings. The topological polar surface area (TPSA) is 17.1 Å². The lowest BCUT2D eigenvalue weighted by molar-refractivity contribution is -0.0251. The molecular weight excluding hydrogens is 324 g/mol. The quantitative estimate of drug-likeness (QED) is 0.662. The van der Waals surface area contributed by atoms with E-state index >= 15 is 0 Å². The summed E-state index contributed by atoms with van der Waals surface area (Å²) in [6.45, 7) is 4.16. The molecule has 2 heteroatoms. The van der Waals surface area contributed by atoms with Gasteiger partial charge >= 0.3 is 0 Å². The summed E-state index contributed by atoms with van der Waals surface area (Å²) >= 11 is 3.58. The maximum absolute atomic E-state index is 13.2. The summed E-state index contributed by atoms with van der Waals surface area (Å²) in [5.41, 5.74) is 3.28. The summed E-state index contributed by atoms with van der Waals surface area (Å²) in [6, 6.07) is 4.21. The van der Waals surface area contributed by atoms with Crippen LogP contribution in [0.5, 0.6) is 0 Å². The maximum Gasteiger partial charge on any atom is 0.166 e. The van der Waals surface area contributed by atoms with Gasteiger partial charge in [-0.05, 0) is 92.9 Å². The minimum absolute atomic E-state index is 0.317. The fourth-order valence-electron chi connectivity index (χ4n) is 5.58. The van der Waals surface area contributed by atoms with Crippen molar-refractivity contribution in [2.75, 3.05) is 0 Å². The number of rotatable bonds is 2. The van der Waals surface area contributed by atoms with E-state index in [2.05, 4.69) is 41.9 Å². The molecule has 0 amide bonds. The van der Waals surface area contributed by atoms with E-state index in [9.17, 15) is 4.79 Å². The molecule has 0 aliphatic heterocycles. The number of aryl methyl sites for hydroxylation is 2. The molecule has 4 fully saturated rings. The van der Waals surface area contributed by atoms with Gasteiger partial charge in [-0.2, -0.15) is 0 Å². The first-order chi connectivity index (χ1) is 10.0. The van der Waals surface area contributed by atoms with E-state index in [1.807, 2.05) is 0 Å². The molecule has 112 valence electrons.